The number of nitrogens with one attached hydrogen (secondary N) is 1. The first-order chi connectivity index (χ1) is 10.8. The van der Waals surface area contributed by atoms with Crippen LogP contribution in [-0.2, 0) is 6.42 Å². The molecule has 112 valence electrons. The van der Waals surface area contributed by atoms with Gasteiger partial charge in [0.25, 0.3) is 0 Å². The van der Waals surface area contributed by atoms with Crippen molar-refractivity contribution in [2.24, 2.45) is 4.99 Å². The molecule has 0 unspecified atom stereocenters. The maximum Gasteiger partial charge on any atom is 0.144 e. The summed E-state index contributed by atoms with van der Waals surface area (Å²) in [4.78, 5) is 4.78. The number of fused-ring (bicyclic) bond motifs is 2. The van der Waals surface area contributed by atoms with Gasteiger partial charge >= 0.3 is 0 Å². The number of aliphatic imine (C=N–C) groups is 1. The maximum atomic E-state index is 4.78. The summed E-state index contributed by atoms with van der Waals surface area (Å²) in [7, 11) is 2.08. The van der Waals surface area contributed by atoms with Gasteiger partial charge in [-0.3, -0.25) is 4.99 Å². The smallest absolute Gasteiger partial charge is 0.144 e. The van der Waals surface area contributed by atoms with E-state index in [2.05, 4.69) is 60.0 Å². The second-order valence-electron chi connectivity index (χ2n) is 6.08. The number of aryl methyl sites for hydroxylation is 1. The van der Waals surface area contributed by atoms with E-state index in [4.69, 9.17) is 4.99 Å². The van der Waals surface area contributed by atoms with E-state index < -0.39 is 0 Å². The molecule has 1 heterocycles. The topological polar surface area (TPSA) is 27.6 Å². The lowest BCUT2D eigenvalue weighted by Gasteiger charge is -2.27. The molecule has 0 amide bonds. The van der Waals surface area contributed by atoms with Gasteiger partial charge in [0.05, 0.1) is 6.54 Å². The Morgan fingerprint density at radius 2 is 2.09 bits per heavy atom. The SMILES string of the molecule is CN1CCN=C(C2=C3C=CCC=C3CCc3ccccc32)N1. The van der Waals surface area contributed by atoms with Gasteiger partial charge < -0.3 is 5.43 Å². The van der Waals surface area contributed by atoms with Crippen molar-refractivity contribution in [3.05, 3.63) is 64.8 Å². The van der Waals surface area contributed by atoms with Crippen LogP contribution in [-0.4, -0.2) is 31.0 Å². The molecule has 0 spiro atoms. The average Bonchev–Trinajstić information content (AvgIpc) is 2.71. The molecule has 2 aliphatic carbocycles. The Labute approximate surface area is 131 Å². The Kier molecular flexibility index (Phi) is 3.43. The molecule has 0 radical (unpaired) electrons. The summed E-state index contributed by atoms with van der Waals surface area (Å²) in [6.07, 6.45) is 10.2. The molecule has 3 aliphatic rings. The van der Waals surface area contributed by atoms with E-state index in [1.54, 1.807) is 0 Å². The number of likely N-dealkylation sites (N-methyl/N-ethyl adjacent to an activating group) is 1. The number of hydrogen-bond acceptors (Lipinski definition) is 3. The first kappa shape index (κ1) is 13.5. The van der Waals surface area contributed by atoms with Crippen molar-refractivity contribution in [3.8, 4) is 0 Å². The van der Waals surface area contributed by atoms with Crippen LogP contribution in [0.4, 0.5) is 0 Å². The summed E-state index contributed by atoms with van der Waals surface area (Å²) >= 11 is 0. The van der Waals surface area contributed by atoms with Gasteiger partial charge in [0.2, 0.25) is 0 Å². The maximum absolute atomic E-state index is 4.78. The van der Waals surface area contributed by atoms with Gasteiger partial charge in [0.1, 0.15) is 5.84 Å². The van der Waals surface area contributed by atoms with Crippen LogP contribution in [0.15, 0.2) is 58.6 Å². The second-order valence-corrected chi connectivity index (χ2v) is 6.08. The molecule has 0 bridgehead atoms. The number of rotatable bonds is 1. The van der Waals surface area contributed by atoms with Crippen LogP contribution in [0.25, 0.3) is 5.57 Å². The van der Waals surface area contributed by atoms with Crippen molar-refractivity contribution < 1.29 is 0 Å². The first-order valence-corrected chi connectivity index (χ1v) is 8.04. The molecule has 1 aliphatic heterocycles. The molecular formula is C19H21N3. The number of nitrogens with zero attached hydrogens (tertiary/aromatic N) is 2. The molecule has 3 heteroatoms. The minimum atomic E-state index is 0.848. The molecule has 4 rings (SSSR count). The molecule has 0 saturated heterocycles. The van der Waals surface area contributed by atoms with Crippen LogP contribution in [0.1, 0.15) is 24.0 Å². The fourth-order valence-corrected chi connectivity index (χ4v) is 3.46. The third-order valence-corrected chi connectivity index (χ3v) is 4.59. The zero-order valence-corrected chi connectivity index (χ0v) is 13.0. The van der Waals surface area contributed by atoms with E-state index in [1.807, 2.05) is 0 Å². The minimum Gasteiger partial charge on any atom is -0.303 e. The Hall–Kier alpha value is -2.13. The number of benzene rings is 1. The molecule has 0 atom stereocenters. The zero-order valence-electron chi connectivity index (χ0n) is 13.0. The summed E-state index contributed by atoms with van der Waals surface area (Å²) < 4.78 is 0. The van der Waals surface area contributed by atoms with Gasteiger partial charge in [-0.25, -0.2) is 5.01 Å². The standard InChI is InChI=1S/C19H21N3/c1-22-13-12-20-19(21-22)18-16-8-4-2-6-14(16)10-11-15-7-3-5-9-17(15)18/h2,4-9H,3,10-13H2,1H3,(H,20,21). The average molecular weight is 291 g/mol. The molecule has 1 aromatic carbocycles. The summed E-state index contributed by atoms with van der Waals surface area (Å²) in [6.45, 7) is 1.80. The molecule has 3 nitrogen and oxygen atoms in total. The molecule has 1 N–H and O–H groups in total. The Morgan fingerprint density at radius 1 is 1.18 bits per heavy atom. The largest absolute Gasteiger partial charge is 0.303 e. The molecule has 1 aromatic rings. The number of hydrogen-bond donors (Lipinski definition) is 1. The predicted octanol–water partition coefficient (Wildman–Crippen LogP) is 3.12. The summed E-state index contributed by atoms with van der Waals surface area (Å²) in [5.41, 5.74) is 10.3. The van der Waals surface area contributed by atoms with Crippen LogP contribution >= 0.6 is 0 Å². The van der Waals surface area contributed by atoms with Crippen LogP contribution in [0.2, 0.25) is 0 Å². The normalized spacial score (nSPS) is 21.3. The van der Waals surface area contributed by atoms with Crippen molar-refractivity contribution in [2.45, 2.75) is 19.3 Å². The summed E-state index contributed by atoms with van der Waals surface area (Å²) in [5.74, 6) is 1.01. The fraction of sp³-hybridized carbons (Fsp3) is 0.316. The zero-order chi connectivity index (χ0) is 14.9. The Balaban J connectivity index is 1.94. The highest BCUT2D eigenvalue weighted by atomic mass is 15.5. The van der Waals surface area contributed by atoms with Crippen molar-refractivity contribution in [1.82, 2.24) is 10.4 Å². The van der Waals surface area contributed by atoms with Gasteiger partial charge in [0.15, 0.2) is 0 Å². The van der Waals surface area contributed by atoms with Crippen LogP contribution < -0.4 is 5.43 Å². The monoisotopic (exact) mass is 291 g/mol. The van der Waals surface area contributed by atoms with Crippen molar-refractivity contribution >= 4 is 11.4 Å². The van der Waals surface area contributed by atoms with E-state index >= 15 is 0 Å². The van der Waals surface area contributed by atoms with E-state index in [9.17, 15) is 0 Å². The van der Waals surface area contributed by atoms with Gasteiger partial charge in [-0.15, -0.1) is 0 Å². The fourth-order valence-electron chi connectivity index (χ4n) is 3.46. The van der Waals surface area contributed by atoms with Crippen molar-refractivity contribution in [2.75, 3.05) is 20.1 Å². The first-order valence-electron chi connectivity index (χ1n) is 8.04. The third-order valence-electron chi connectivity index (χ3n) is 4.59. The number of hydrazine groups is 1. The van der Waals surface area contributed by atoms with E-state index in [0.717, 1.165) is 38.2 Å². The Morgan fingerprint density at radius 3 is 3.00 bits per heavy atom. The van der Waals surface area contributed by atoms with Crippen LogP contribution in [0.3, 0.4) is 0 Å². The van der Waals surface area contributed by atoms with Crippen LogP contribution in [0.5, 0.6) is 0 Å². The number of allylic oxidation sites excluding steroid dienone is 5. The van der Waals surface area contributed by atoms with E-state index in [0.29, 0.717) is 0 Å². The second kappa shape index (κ2) is 5.58. The van der Waals surface area contributed by atoms with E-state index in [-0.39, 0.29) is 0 Å². The lowest BCUT2D eigenvalue weighted by molar-refractivity contribution is 0.289. The molecule has 0 saturated carbocycles. The van der Waals surface area contributed by atoms with Crippen molar-refractivity contribution in [3.63, 3.8) is 0 Å². The molecule has 22 heavy (non-hydrogen) atoms. The molecular weight excluding hydrogens is 270 g/mol. The highest BCUT2D eigenvalue weighted by Gasteiger charge is 2.25. The highest BCUT2D eigenvalue weighted by Crippen LogP contribution is 2.36. The lowest BCUT2D eigenvalue weighted by atomic mass is 9.91. The van der Waals surface area contributed by atoms with Gasteiger partial charge in [-0.1, -0.05) is 42.5 Å². The van der Waals surface area contributed by atoms with Gasteiger partial charge in [0, 0.05) is 19.2 Å². The summed E-state index contributed by atoms with van der Waals surface area (Å²) in [5, 5.41) is 2.12. The highest BCUT2D eigenvalue weighted by molar-refractivity contribution is 6.25. The van der Waals surface area contributed by atoms with E-state index in [1.165, 1.54) is 27.8 Å². The Bertz CT molecular complexity index is 722. The minimum absolute atomic E-state index is 0.848. The van der Waals surface area contributed by atoms with Crippen molar-refractivity contribution in [1.29, 1.82) is 0 Å². The van der Waals surface area contributed by atoms with Crippen LogP contribution in [0, 0.1) is 0 Å². The third kappa shape index (κ3) is 2.32. The number of amidine groups is 1. The molecule has 0 fully saturated rings. The quantitative estimate of drug-likeness (QED) is 0.861. The van der Waals surface area contributed by atoms with Gasteiger partial charge in [-0.2, -0.15) is 0 Å². The summed E-state index contributed by atoms with van der Waals surface area (Å²) in [6, 6.07) is 8.77. The molecule has 0 aromatic heterocycles. The van der Waals surface area contributed by atoms with Gasteiger partial charge in [-0.05, 0) is 41.5 Å². The predicted molar refractivity (Wildman–Crippen MR) is 91.6 cm³/mol. The lowest BCUT2D eigenvalue weighted by Crippen LogP contribution is -2.45.